The summed E-state index contributed by atoms with van der Waals surface area (Å²) in [7, 11) is 3.77. The van der Waals surface area contributed by atoms with Gasteiger partial charge in [0.1, 0.15) is 5.56 Å². The maximum Gasteiger partial charge on any atom is 0.261 e. The molecule has 104 valence electrons. The first kappa shape index (κ1) is 14.3. The van der Waals surface area contributed by atoms with Gasteiger partial charge in [0.15, 0.2) is 5.43 Å². The summed E-state index contributed by atoms with van der Waals surface area (Å²) in [6, 6.07) is 6.89. The third-order valence-corrected chi connectivity index (χ3v) is 3.25. The third-order valence-electron chi connectivity index (χ3n) is 2.76. The average molecular weight is 336 g/mol. The van der Waals surface area contributed by atoms with Crippen molar-refractivity contribution in [1.82, 2.24) is 4.98 Å². The Kier molecular flexibility index (Phi) is 4.24. The number of hydrogen-bond donors (Lipinski definition) is 2. The van der Waals surface area contributed by atoms with Crippen molar-refractivity contribution < 1.29 is 4.79 Å². The summed E-state index contributed by atoms with van der Waals surface area (Å²) in [6.07, 6.45) is 2.88. The number of carbonyl (C=O) groups is 1. The van der Waals surface area contributed by atoms with E-state index in [-0.39, 0.29) is 11.0 Å². The number of amides is 1. The van der Waals surface area contributed by atoms with Crippen molar-refractivity contribution >= 4 is 33.2 Å². The summed E-state index contributed by atoms with van der Waals surface area (Å²) in [4.78, 5) is 28.4. The van der Waals surface area contributed by atoms with Crippen LogP contribution in [-0.2, 0) is 0 Å². The number of carbonyl (C=O) groups excluding carboxylic acids is 1. The van der Waals surface area contributed by atoms with Gasteiger partial charge in [-0.25, -0.2) is 0 Å². The van der Waals surface area contributed by atoms with Gasteiger partial charge in [0.25, 0.3) is 5.91 Å². The fraction of sp³-hybridized carbons (Fsp3) is 0.143. The van der Waals surface area contributed by atoms with Gasteiger partial charge in [-0.3, -0.25) is 9.59 Å². The number of rotatable bonds is 3. The van der Waals surface area contributed by atoms with E-state index >= 15 is 0 Å². The second-order valence-electron chi connectivity index (χ2n) is 4.43. The molecule has 0 saturated heterocycles. The van der Waals surface area contributed by atoms with E-state index in [4.69, 9.17) is 0 Å². The van der Waals surface area contributed by atoms with Crippen LogP contribution in [0.1, 0.15) is 10.4 Å². The number of H-pyrrole nitrogens is 1. The first-order valence-corrected chi connectivity index (χ1v) is 6.73. The van der Waals surface area contributed by atoms with Gasteiger partial charge in [-0.15, -0.1) is 0 Å². The number of benzene rings is 1. The average Bonchev–Trinajstić information content (AvgIpc) is 2.38. The van der Waals surface area contributed by atoms with E-state index in [0.717, 1.165) is 10.2 Å². The molecule has 0 spiro atoms. The van der Waals surface area contributed by atoms with Crippen LogP contribution in [0.15, 0.2) is 45.9 Å². The van der Waals surface area contributed by atoms with Crippen molar-refractivity contribution in [2.24, 2.45) is 0 Å². The normalized spacial score (nSPS) is 10.2. The number of anilines is 2. The molecule has 0 atom stereocenters. The van der Waals surface area contributed by atoms with Gasteiger partial charge >= 0.3 is 0 Å². The smallest absolute Gasteiger partial charge is 0.261 e. The highest BCUT2D eigenvalue weighted by Crippen LogP contribution is 2.28. The lowest BCUT2D eigenvalue weighted by molar-refractivity contribution is 0.102. The maximum absolute atomic E-state index is 12.2. The van der Waals surface area contributed by atoms with Crippen molar-refractivity contribution in [1.29, 1.82) is 0 Å². The molecule has 2 rings (SSSR count). The van der Waals surface area contributed by atoms with E-state index in [9.17, 15) is 9.59 Å². The van der Waals surface area contributed by atoms with Crippen LogP contribution in [0.25, 0.3) is 0 Å². The molecule has 0 fully saturated rings. The Bertz CT molecular complexity index is 695. The molecule has 0 radical (unpaired) electrons. The molecule has 20 heavy (non-hydrogen) atoms. The Morgan fingerprint density at radius 1 is 1.30 bits per heavy atom. The molecule has 1 heterocycles. The lowest BCUT2D eigenvalue weighted by Gasteiger charge is -2.18. The number of pyridine rings is 1. The number of aromatic amines is 1. The monoisotopic (exact) mass is 335 g/mol. The number of halogens is 1. The number of nitrogens with zero attached hydrogens (tertiary/aromatic N) is 1. The highest BCUT2D eigenvalue weighted by atomic mass is 79.9. The molecule has 1 aromatic heterocycles. The summed E-state index contributed by atoms with van der Waals surface area (Å²) < 4.78 is 0.848. The van der Waals surface area contributed by atoms with Crippen molar-refractivity contribution in [2.75, 3.05) is 24.3 Å². The van der Waals surface area contributed by atoms with Gasteiger partial charge in [-0.05, 0) is 18.2 Å². The van der Waals surface area contributed by atoms with Crippen LogP contribution < -0.4 is 15.6 Å². The fourth-order valence-electron chi connectivity index (χ4n) is 1.78. The maximum atomic E-state index is 12.2. The Hall–Kier alpha value is -2.08. The molecule has 0 saturated carbocycles. The molecule has 2 N–H and O–H groups in total. The van der Waals surface area contributed by atoms with Crippen molar-refractivity contribution in [3.63, 3.8) is 0 Å². The van der Waals surface area contributed by atoms with E-state index in [2.05, 4.69) is 26.2 Å². The summed E-state index contributed by atoms with van der Waals surface area (Å²) in [5, 5.41) is 2.76. The predicted octanol–water partition coefficient (Wildman–Crippen LogP) is 2.46. The minimum absolute atomic E-state index is 0.0807. The van der Waals surface area contributed by atoms with Gasteiger partial charge in [-0.1, -0.05) is 15.9 Å². The zero-order valence-corrected chi connectivity index (χ0v) is 12.7. The predicted molar refractivity (Wildman–Crippen MR) is 83.5 cm³/mol. The highest BCUT2D eigenvalue weighted by Gasteiger charge is 2.13. The topological polar surface area (TPSA) is 65.2 Å². The number of aromatic nitrogens is 1. The van der Waals surface area contributed by atoms with Crippen molar-refractivity contribution in [3.05, 3.63) is 56.9 Å². The highest BCUT2D eigenvalue weighted by molar-refractivity contribution is 9.10. The van der Waals surface area contributed by atoms with Crippen LogP contribution in [0.4, 0.5) is 11.4 Å². The van der Waals surface area contributed by atoms with E-state index < -0.39 is 5.91 Å². The Labute approximate surface area is 124 Å². The lowest BCUT2D eigenvalue weighted by atomic mass is 10.2. The van der Waals surface area contributed by atoms with Gasteiger partial charge < -0.3 is 15.2 Å². The van der Waals surface area contributed by atoms with Crippen LogP contribution in [0.5, 0.6) is 0 Å². The molecule has 0 aliphatic carbocycles. The van der Waals surface area contributed by atoms with E-state index in [1.165, 1.54) is 18.5 Å². The summed E-state index contributed by atoms with van der Waals surface area (Å²) >= 11 is 3.37. The Morgan fingerprint density at radius 2 is 2.05 bits per heavy atom. The molecule has 0 bridgehead atoms. The van der Waals surface area contributed by atoms with Gasteiger partial charge in [-0.2, -0.15) is 0 Å². The summed E-state index contributed by atoms with van der Waals surface area (Å²) in [5.74, 6) is -0.437. The molecule has 1 amide bonds. The largest absolute Gasteiger partial charge is 0.376 e. The summed E-state index contributed by atoms with van der Waals surface area (Å²) in [6.45, 7) is 0. The Balaban J connectivity index is 2.35. The van der Waals surface area contributed by atoms with Crippen LogP contribution in [-0.4, -0.2) is 25.0 Å². The molecule has 0 aliphatic heterocycles. The number of hydrogen-bond acceptors (Lipinski definition) is 3. The van der Waals surface area contributed by atoms with Crippen LogP contribution in [0.3, 0.4) is 0 Å². The zero-order valence-electron chi connectivity index (χ0n) is 11.1. The molecular weight excluding hydrogens is 322 g/mol. The quantitative estimate of drug-likeness (QED) is 0.905. The molecule has 1 aromatic carbocycles. The van der Waals surface area contributed by atoms with Crippen LogP contribution in [0, 0.1) is 0 Å². The fourth-order valence-corrected chi connectivity index (χ4v) is 2.14. The van der Waals surface area contributed by atoms with Gasteiger partial charge in [0.2, 0.25) is 0 Å². The van der Waals surface area contributed by atoms with Gasteiger partial charge in [0, 0.05) is 37.0 Å². The summed E-state index contributed by atoms with van der Waals surface area (Å²) in [5.41, 5.74) is 1.26. The van der Waals surface area contributed by atoms with E-state index in [1.54, 1.807) is 6.07 Å². The van der Waals surface area contributed by atoms with E-state index in [1.807, 2.05) is 31.1 Å². The SMILES string of the molecule is CN(C)c1ccc(Br)cc1NC(=O)c1c[nH]ccc1=O. The van der Waals surface area contributed by atoms with Crippen LogP contribution >= 0.6 is 15.9 Å². The van der Waals surface area contributed by atoms with E-state index in [0.29, 0.717) is 5.69 Å². The van der Waals surface area contributed by atoms with Gasteiger partial charge in [0.05, 0.1) is 11.4 Å². The standard InChI is InChI=1S/C14H14BrN3O2/c1-18(2)12-4-3-9(15)7-11(12)17-14(20)10-8-16-6-5-13(10)19/h3-8H,1-2H3,(H,16,19)(H,17,20). The first-order valence-electron chi connectivity index (χ1n) is 5.94. The van der Waals surface area contributed by atoms with Crippen molar-refractivity contribution in [3.8, 4) is 0 Å². The molecule has 5 nitrogen and oxygen atoms in total. The molecule has 0 aliphatic rings. The number of nitrogens with one attached hydrogen (secondary N) is 2. The minimum atomic E-state index is -0.437. The lowest BCUT2D eigenvalue weighted by Crippen LogP contribution is -2.22. The minimum Gasteiger partial charge on any atom is -0.376 e. The van der Waals surface area contributed by atoms with Crippen molar-refractivity contribution in [2.45, 2.75) is 0 Å². The zero-order chi connectivity index (χ0) is 14.7. The first-order chi connectivity index (χ1) is 9.49. The molecule has 6 heteroatoms. The second kappa shape index (κ2) is 5.92. The molecule has 0 unspecified atom stereocenters. The van der Waals surface area contributed by atoms with Crippen LogP contribution in [0.2, 0.25) is 0 Å². The molecular formula is C14H14BrN3O2. The molecule has 2 aromatic rings. The third kappa shape index (κ3) is 3.08. The Morgan fingerprint density at radius 3 is 2.70 bits per heavy atom. The second-order valence-corrected chi connectivity index (χ2v) is 5.35.